The van der Waals surface area contributed by atoms with Gasteiger partial charge in [-0.2, -0.15) is 0 Å². The average molecular weight is 301 g/mol. The Hall–Kier alpha value is -1.73. The number of halogens is 1. The van der Waals surface area contributed by atoms with E-state index in [4.69, 9.17) is 5.11 Å². The first-order valence-corrected chi connectivity index (χ1v) is 7.42. The van der Waals surface area contributed by atoms with Crippen LogP contribution < -0.4 is 4.72 Å². The SMILES string of the molecule is C/C=C/CCNS(=O)(=O)c1cc(C(=O)O)cc(F)c1C. The normalized spacial score (nSPS) is 11.9. The molecular weight excluding hydrogens is 285 g/mol. The van der Waals surface area contributed by atoms with E-state index in [0.717, 1.165) is 12.1 Å². The molecule has 0 fully saturated rings. The zero-order chi connectivity index (χ0) is 15.3. The first-order valence-electron chi connectivity index (χ1n) is 5.94. The summed E-state index contributed by atoms with van der Waals surface area (Å²) in [5.41, 5.74) is -0.504. The van der Waals surface area contributed by atoms with Gasteiger partial charge in [-0.1, -0.05) is 12.2 Å². The summed E-state index contributed by atoms with van der Waals surface area (Å²) in [4.78, 5) is 10.5. The molecule has 20 heavy (non-hydrogen) atoms. The molecule has 0 saturated heterocycles. The van der Waals surface area contributed by atoms with Crippen LogP contribution in [0.4, 0.5) is 4.39 Å². The summed E-state index contributed by atoms with van der Waals surface area (Å²) in [6.07, 6.45) is 4.06. The minimum absolute atomic E-state index is 0.103. The second-order valence-corrected chi connectivity index (χ2v) is 5.88. The molecule has 0 atom stereocenters. The van der Waals surface area contributed by atoms with E-state index in [-0.39, 0.29) is 17.0 Å². The highest BCUT2D eigenvalue weighted by molar-refractivity contribution is 7.89. The number of hydrogen-bond donors (Lipinski definition) is 2. The molecule has 0 heterocycles. The Morgan fingerprint density at radius 3 is 2.65 bits per heavy atom. The molecule has 110 valence electrons. The van der Waals surface area contributed by atoms with Gasteiger partial charge in [0.25, 0.3) is 0 Å². The molecule has 1 aromatic carbocycles. The summed E-state index contributed by atoms with van der Waals surface area (Å²) in [7, 11) is -3.94. The van der Waals surface area contributed by atoms with E-state index in [9.17, 15) is 17.6 Å². The van der Waals surface area contributed by atoms with Gasteiger partial charge in [0, 0.05) is 12.1 Å². The molecule has 0 bridgehead atoms. The lowest BCUT2D eigenvalue weighted by atomic mass is 10.1. The fourth-order valence-corrected chi connectivity index (χ4v) is 2.90. The predicted octanol–water partition coefficient (Wildman–Crippen LogP) is 2.08. The molecule has 0 unspecified atom stereocenters. The number of rotatable bonds is 6. The quantitative estimate of drug-likeness (QED) is 0.622. The molecule has 7 heteroatoms. The lowest BCUT2D eigenvalue weighted by molar-refractivity contribution is 0.0696. The molecule has 0 spiro atoms. The van der Waals surface area contributed by atoms with Crippen LogP contribution in [0.5, 0.6) is 0 Å². The van der Waals surface area contributed by atoms with Gasteiger partial charge < -0.3 is 5.11 Å². The summed E-state index contributed by atoms with van der Waals surface area (Å²) < 4.78 is 40.0. The number of allylic oxidation sites excluding steroid dienone is 1. The Balaban J connectivity index is 3.13. The fraction of sp³-hybridized carbons (Fsp3) is 0.308. The van der Waals surface area contributed by atoms with Crippen molar-refractivity contribution in [1.82, 2.24) is 4.72 Å². The molecule has 2 N–H and O–H groups in total. The lowest BCUT2D eigenvalue weighted by Gasteiger charge is -2.10. The summed E-state index contributed by atoms with van der Waals surface area (Å²) in [5.74, 6) is -2.24. The maximum absolute atomic E-state index is 13.6. The van der Waals surface area contributed by atoms with Gasteiger partial charge >= 0.3 is 5.97 Å². The number of carboxylic acid groups (broad SMARTS) is 1. The van der Waals surface area contributed by atoms with E-state index in [1.165, 1.54) is 6.92 Å². The number of aromatic carboxylic acids is 1. The predicted molar refractivity (Wildman–Crippen MR) is 72.7 cm³/mol. The van der Waals surface area contributed by atoms with Gasteiger partial charge in [0.1, 0.15) is 5.82 Å². The van der Waals surface area contributed by atoms with Gasteiger partial charge in [-0.3, -0.25) is 0 Å². The summed E-state index contributed by atoms with van der Waals surface area (Å²) in [6.45, 7) is 3.26. The van der Waals surface area contributed by atoms with Gasteiger partial charge in [-0.25, -0.2) is 22.3 Å². The molecule has 1 rings (SSSR count). The Labute approximate surface area is 117 Å². The maximum Gasteiger partial charge on any atom is 0.335 e. The van der Waals surface area contributed by atoms with Crippen molar-refractivity contribution in [1.29, 1.82) is 0 Å². The number of hydrogen-bond acceptors (Lipinski definition) is 3. The maximum atomic E-state index is 13.6. The van der Waals surface area contributed by atoms with Crippen molar-refractivity contribution in [2.75, 3.05) is 6.54 Å². The van der Waals surface area contributed by atoms with Gasteiger partial charge in [0.2, 0.25) is 10.0 Å². The smallest absolute Gasteiger partial charge is 0.335 e. The number of nitrogens with one attached hydrogen (secondary N) is 1. The first kappa shape index (κ1) is 16.3. The van der Waals surface area contributed by atoms with Crippen LogP contribution in [0.2, 0.25) is 0 Å². The Morgan fingerprint density at radius 2 is 2.10 bits per heavy atom. The monoisotopic (exact) mass is 301 g/mol. The van der Waals surface area contributed by atoms with Crippen molar-refractivity contribution in [3.05, 3.63) is 41.2 Å². The molecular formula is C13H16FNO4S. The number of sulfonamides is 1. The zero-order valence-electron chi connectivity index (χ0n) is 11.2. The molecule has 0 saturated carbocycles. The summed E-state index contributed by atoms with van der Waals surface area (Å²) >= 11 is 0. The number of carboxylic acids is 1. The van der Waals surface area contributed by atoms with Crippen LogP contribution in [0.1, 0.15) is 29.3 Å². The highest BCUT2D eigenvalue weighted by atomic mass is 32.2. The van der Waals surface area contributed by atoms with E-state index in [0.29, 0.717) is 6.42 Å². The molecule has 5 nitrogen and oxygen atoms in total. The van der Waals surface area contributed by atoms with Crippen molar-refractivity contribution >= 4 is 16.0 Å². The molecule has 0 radical (unpaired) electrons. The van der Waals surface area contributed by atoms with Crippen LogP contribution in [0.25, 0.3) is 0 Å². The Kier molecular flexibility index (Phi) is 5.41. The summed E-state index contributed by atoms with van der Waals surface area (Å²) in [6, 6.07) is 1.76. The molecule has 1 aromatic rings. The standard InChI is InChI=1S/C13H16FNO4S/c1-3-4-5-6-15-20(18,19)12-8-10(13(16)17)7-11(14)9(12)2/h3-4,7-8,15H,5-6H2,1-2H3,(H,16,17)/b4-3+. The summed E-state index contributed by atoms with van der Waals surface area (Å²) in [5, 5.41) is 8.85. The van der Waals surface area contributed by atoms with Crippen LogP contribution in [0.3, 0.4) is 0 Å². The molecule has 0 aliphatic carbocycles. The zero-order valence-corrected chi connectivity index (χ0v) is 12.0. The number of benzene rings is 1. The fourth-order valence-electron chi connectivity index (χ4n) is 1.58. The van der Waals surface area contributed by atoms with Crippen LogP contribution in [-0.4, -0.2) is 26.0 Å². The third-order valence-corrected chi connectivity index (χ3v) is 4.26. The van der Waals surface area contributed by atoms with Crippen LogP contribution >= 0.6 is 0 Å². The highest BCUT2D eigenvalue weighted by Crippen LogP contribution is 2.20. The van der Waals surface area contributed by atoms with Crippen molar-refractivity contribution in [3.8, 4) is 0 Å². The van der Waals surface area contributed by atoms with Crippen LogP contribution in [0.15, 0.2) is 29.2 Å². The van der Waals surface area contributed by atoms with Crippen molar-refractivity contribution in [2.45, 2.75) is 25.2 Å². The van der Waals surface area contributed by atoms with E-state index >= 15 is 0 Å². The second kappa shape index (κ2) is 6.62. The lowest BCUT2D eigenvalue weighted by Crippen LogP contribution is -2.26. The van der Waals surface area contributed by atoms with Gasteiger partial charge in [0.15, 0.2) is 0 Å². The third kappa shape index (κ3) is 3.88. The minimum atomic E-state index is -3.94. The molecule has 0 amide bonds. The van der Waals surface area contributed by atoms with Crippen LogP contribution in [0, 0.1) is 12.7 Å². The van der Waals surface area contributed by atoms with Crippen molar-refractivity contribution in [3.63, 3.8) is 0 Å². The van der Waals surface area contributed by atoms with Gasteiger partial charge in [0.05, 0.1) is 10.5 Å². The third-order valence-electron chi connectivity index (χ3n) is 2.67. The van der Waals surface area contributed by atoms with Gasteiger partial charge in [-0.15, -0.1) is 0 Å². The van der Waals surface area contributed by atoms with Crippen molar-refractivity contribution in [2.24, 2.45) is 0 Å². The highest BCUT2D eigenvalue weighted by Gasteiger charge is 2.21. The van der Waals surface area contributed by atoms with E-state index in [1.54, 1.807) is 12.2 Å². The topological polar surface area (TPSA) is 83.5 Å². The Morgan fingerprint density at radius 1 is 1.45 bits per heavy atom. The number of carbonyl (C=O) groups is 1. The average Bonchev–Trinajstić information content (AvgIpc) is 2.37. The van der Waals surface area contributed by atoms with Gasteiger partial charge in [-0.05, 0) is 32.4 Å². The molecule has 0 aromatic heterocycles. The molecule has 0 aliphatic heterocycles. The minimum Gasteiger partial charge on any atom is -0.478 e. The van der Waals surface area contributed by atoms with E-state index in [1.807, 2.05) is 6.92 Å². The largest absolute Gasteiger partial charge is 0.478 e. The second-order valence-electron chi connectivity index (χ2n) is 4.14. The molecule has 0 aliphatic rings. The first-order chi connectivity index (χ1) is 9.29. The van der Waals surface area contributed by atoms with E-state index < -0.39 is 27.4 Å². The van der Waals surface area contributed by atoms with Crippen LogP contribution in [-0.2, 0) is 10.0 Å². The van der Waals surface area contributed by atoms with Crippen molar-refractivity contribution < 1.29 is 22.7 Å². The Bertz CT molecular complexity index is 638. The van der Waals surface area contributed by atoms with E-state index in [2.05, 4.69) is 4.72 Å².